The van der Waals surface area contributed by atoms with Crippen LogP contribution < -0.4 is 10.5 Å². The summed E-state index contributed by atoms with van der Waals surface area (Å²) >= 11 is 0. The van der Waals surface area contributed by atoms with Gasteiger partial charge in [0.25, 0.3) is 0 Å². The zero-order chi connectivity index (χ0) is 15.8. The summed E-state index contributed by atoms with van der Waals surface area (Å²) in [6.07, 6.45) is 3.69. The molecule has 21 heavy (non-hydrogen) atoms. The number of rotatable bonds is 3. The van der Waals surface area contributed by atoms with Gasteiger partial charge in [-0.1, -0.05) is 33.3 Å². The first-order valence-electron chi connectivity index (χ1n) is 8.18. The van der Waals surface area contributed by atoms with Crippen LogP contribution in [0.4, 0.5) is 0 Å². The van der Waals surface area contributed by atoms with Crippen LogP contribution in [0.2, 0.25) is 0 Å². The second-order valence-corrected chi connectivity index (χ2v) is 7.55. The Hall–Kier alpha value is -1.02. The van der Waals surface area contributed by atoms with E-state index in [2.05, 4.69) is 46.8 Å². The first kappa shape index (κ1) is 16.4. The Morgan fingerprint density at radius 2 is 1.81 bits per heavy atom. The molecule has 2 N–H and O–H groups in total. The highest BCUT2D eigenvalue weighted by atomic mass is 16.5. The van der Waals surface area contributed by atoms with Crippen LogP contribution in [0.25, 0.3) is 0 Å². The van der Waals surface area contributed by atoms with E-state index in [0.29, 0.717) is 12.0 Å². The Labute approximate surface area is 130 Å². The van der Waals surface area contributed by atoms with Crippen molar-refractivity contribution in [1.29, 1.82) is 0 Å². The van der Waals surface area contributed by atoms with Gasteiger partial charge in [-0.25, -0.2) is 0 Å². The summed E-state index contributed by atoms with van der Waals surface area (Å²) in [7, 11) is 1.74. The Morgan fingerprint density at radius 1 is 1.14 bits per heavy atom. The van der Waals surface area contributed by atoms with E-state index in [1.165, 1.54) is 29.5 Å². The largest absolute Gasteiger partial charge is 0.496 e. The molecular formula is C19H31NO. The minimum Gasteiger partial charge on any atom is -0.496 e. The van der Waals surface area contributed by atoms with Crippen molar-refractivity contribution in [2.24, 2.45) is 17.6 Å². The molecule has 0 bridgehead atoms. The van der Waals surface area contributed by atoms with E-state index in [1.807, 2.05) is 0 Å². The van der Waals surface area contributed by atoms with Crippen LogP contribution in [0.15, 0.2) is 12.1 Å². The van der Waals surface area contributed by atoms with Crippen LogP contribution in [-0.2, 0) is 5.41 Å². The minimum atomic E-state index is 0.112. The van der Waals surface area contributed by atoms with Gasteiger partial charge in [0.2, 0.25) is 0 Å². The highest BCUT2D eigenvalue weighted by Crippen LogP contribution is 2.43. The number of hydrogen-bond donors (Lipinski definition) is 1. The molecule has 0 saturated heterocycles. The lowest BCUT2D eigenvalue weighted by Crippen LogP contribution is -2.46. The highest BCUT2D eigenvalue weighted by molar-refractivity contribution is 5.45. The van der Waals surface area contributed by atoms with Crippen molar-refractivity contribution < 1.29 is 4.74 Å². The second kappa shape index (κ2) is 6.00. The molecule has 1 aliphatic rings. The fourth-order valence-corrected chi connectivity index (χ4v) is 4.22. The van der Waals surface area contributed by atoms with Crippen LogP contribution in [0.3, 0.4) is 0 Å². The van der Waals surface area contributed by atoms with Gasteiger partial charge in [0.05, 0.1) is 7.11 Å². The van der Waals surface area contributed by atoms with Gasteiger partial charge in [-0.2, -0.15) is 0 Å². The normalized spacial score (nSPS) is 26.7. The highest BCUT2D eigenvalue weighted by Gasteiger charge is 2.39. The SMILES string of the molecule is COc1cc(C)c(C(C)(C)C2CCC(C)CC2N)cc1C. The number of ether oxygens (including phenoxy) is 1. The summed E-state index contributed by atoms with van der Waals surface area (Å²) < 4.78 is 5.45. The van der Waals surface area contributed by atoms with Gasteiger partial charge in [-0.15, -0.1) is 0 Å². The fraction of sp³-hybridized carbons (Fsp3) is 0.684. The first-order chi connectivity index (χ1) is 9.77. The molecule has 1 aromatic carbocycles. The van der Waals surface area contributed by atoms with E-state index in [4.69, 9.17) is 10.5 Å². The monoisotopic (exact) mass is 289 g/mol. The van der Waals surface area contributed by atoms with Gasteiger partial charge in [0.1, 0.15) is 5.75 Å². The molecule has 1 aromatic rings. The maximum absolute atomic E-state index is 6.51. The van der Waals surface area contributed by atoms with Crippen LogP contribution >= 0.6 is 0 Å². The van der Waals surface area contributed by atoms with Crippen molar-refractivity contribution in [2.45, 2.75) is 65.3 Å². The molecule has 0 aliphatic heterocycles. The molecule has 3 atom stereocenters. The summed E-state index contributed by atoms with van der Waals surface area (Å²) in [4.78, 5) is 0. The average Bonchev–Trinajstić information content (AvgIpc) is 2.40. The van der Waals surface area contributed by atoms with Crippen LogP contribution in [-0.4, -0.2) is 13.2 Å². The van der Waals surface area contributed by atoms with Gasteiger partial charge in [-0.3, -0.25) is 0 Å². The summed E-state index contributed by atoms with van der Waals surface area (Å²) in [5.41, 5.74) is 10.6. The minimum absolute atomic E-state index is 0.112. The molecule has 0 aromatic heterocycles. The molecule has 0 amide bonds. The Bertz CT molecular complexity index is 507. The van der Waals surface area contributed by atoms with Gasteiger partial charge in [0, 0.05) is 6.04 Å². The van der Waals surface area contributed by atoms with E-state index in [9.17, 15) is 0 Å². The molecule has 2 rings (SSSR count). The molecule has 1 saturated carbocycles. The van der Waals surface area contributed by atoms with Crippen molar-refractivity contribution in [2.75, 3.05) is 7.11 Å². The third kappa shape index (κ3) is 3.11. The standard InChI is InChI=1S/C19H31NO/c1-12-7-8-15(17(20)9-12)19(4,5)16-10-14(3)18(21-6)11-13(16)2/h10-12,15,17H,7-9,20H2,1-6H3. The summed E-state index contributed by atoms with van der Waals surface area (Å²) in [5.74, 6) is 2.31. The van der Waals surface area contributed by atoms with E-state index >= 15 is 0 Å². The Morgan fingerprint density at radius 3 is 2.38 bits per heavy atom. The number of nitrogens with two attached hydrogens (primary N) is 1. The Kier molecular flexibility index (Phi) is 4.67. The molecule has 2 nitrogen and oxygen atoms in total. The van der Waals surface area contributed by atoms with E-state index < -0.39 is 0 Å². The van der Waals surface area contributed by atoms with Crippen molar-refractivity contribution in [3.8, 4) is 5.75 Å². The summed E-state index contributed by atoms with van der Waals surface area (Å²) in [6.45, 7) is 11.4. The molecule has 2 heteroatoms. The van der Waals surface area contributed by atoms with Crippen molar-refractivity contribution in [3.05, 3.63) is 28.8 Å². The molecule has 0 radical (unpaired) electrons. The maximum Gasteiger partial charge on any atom is 0.122 e. The van der Waals surface area contributed by atoms with Crippen molar-refractivity contribution in [3.63, 3.8) is 0 Å². The Balaban J connectivity index is 2.37. The van der Waals surface area contributed by atoms with Gasteiger partial charge >= 0.3 is 0 Å². The third-order valence-corrected chi connectivity index (χ3v) is 5.52. The third-order valence-electron chi connectivity index (χ3n) is 5.52. The van der Waals surface area contributed by atoms with E-state index in [-0.39, 0.29) is 5.41 Å². The zero-order valence-corrected chi connectivity index (χ0v) is 14.5. The second-order valence-electron chi connectivity index (χ2n) is 7.55. The van der Waals surface area contributed by atoms with Crippen LogP contribution in [0.5, 0.6) is 5.75 Å². The van der Waals surface area contributed by atoms with E-state index in [0.717, 1.165) is 18.1 Å². The molecule has 1 fully saturated rings. The predicted molar refractivity (Wildman–Crippen MR) is 90.0 cm³/mol. The first-order valence-corrected chi connectivity index (χ1v) is 8.18. The van der Waals surface area contributed by atoms with Gasteiger partial charge in [0.15, 0.2) is 0 Å². The lowest BCUT2D eigenvalue weighted by Gasteiger charge is -2.44. The van der Waals surface area contributed by atoms with Gasteiger partial charge < -0.3 is 10.5 Å². The smallest absolute Gasteiger partial charge is 0.122 e. The van der Waals surface area contributed by atoms with Gasteiger partial charge in [-0.05, 0) is 66.7 Å². The lowest BCUT2D eigenvalue weighted by atomic mass is 9.63. The van der Waals surface area contributed by atoms with Crippen molar-refractivity contribution in [1.82, 2.24) is 0 Å². The quantitative estimate of drug-likeness (QED) is 0.897. The maximum atomic E-state index is 6.51. The zero-order valence-electron chi connectivity index (χ0n) is 14.5. The number of methoxy groups -OCH3 is 1. The van der Waals surface area contributed by atoms with Crippen LogP contribution in [0, 0.1) is 25.7 Å². The molecule has 3 unspecified atom stereocenters. The van der Waals surface area contributed by atoms with E-state index in [1.54, 1.807) is 7.11 Å². The predicted octanol–water partition coefficient (Wildman–Crippen LogP) is 4.35. The van der Waals surface area contributed by atoms with Crippen molar-refractivity contribution >= 4 is 0 Å². The topological polar surface area (TPSA) is 35.2 Å². The average molecular weight is 289 g/mol. The fourth-order valence-electron chi connectivity index (χ4n) is 4.22. The summed E-state index contributed by atoms with van der Waals surface area (Å²) in [6, 6.07) is 4.79. The molecule has 0 spiro atoms. The number of aryl methyl sites for hydroxylation is 2. The lowest BCUT2D eigenvalue weighted by molar-refractivity contribution is 0.170. The van der Waals surface area contributed by atoms with Crippen LogP contribution in [0.1, 0.15) is 56.7 Å². The molecule has 0 heterocycles. The molecule has 1 aliphatic carbocycles. The number of benzene rings is 1. The molecular weight excluding hydrogens is 258 g/mol. The summed E-state index contributed by atoms with van der Waals surface area (Å²) in [5, 5.41) is 0. The molecule has 118 valence electrons. The number of hydrogen-bond acceptors (Lipinski definition) is 2.